The summed E-state index contributed by atoms with van der Waals surface area (Å²) in [6.07, 6.45) is -6.90. The van der Waals surface area contributed by atoms with Gasteiger partial charge < -0.3 is 4.74 Å². The molecule has 0 heterocycles. The van der Waals surface area contributed by atoms with Gasteiger partial charge in [0.25, 0.3) is 0 Å². The maximum absolute atomic E-state index is 12.7. The van der Waals surface area contributed by atoms with Crippen LogP contribution in [-0.4, -0.2) is 6.36 Å². The number of alkyl halides is 4. The number of rotatable bonds is 2. The number of ether oxygens (including phenoxy) is 1. The molecule has 0 N–H and O–H groups in total. The number of hydrogen-bond acceptors (Lipinski definition) is 1. The third kappa shape index (κ3) is 3.38. The normalized spacial score (nSPS) is 13.7. The van der Waals surface area contributed by atoms with Crippen molar-refractivity contribution in [3.8, 4) is 5.75 Å². The maximum Gasteiger partial charge on any atom is 0.573 e. The van der Waals surface area contributed by atoms with Crippen LogP contribution < -0.4 is 4.74 Å². The fourth-order valence-electron chi connectivity index (χ4n) is 0.980. The van der Waals surface area contributed by atoms with E-state index >= 15 is 0 Å². The van der Waals surface area contributed by atoms with E-state index in [0.717, 1.165) is 12.1 Å². The Kier molecular flexibility index (Phi) is 3.16. The molecule has 1 aromatic carbocycles. The Balaban J connectivity index is 3.08. The quantitative estimate of drug-likeness (QED) is 0.699. The third-order valence-corrected chi connectivity index (χ3v) is 1.54. The molecule has 15 heavy (non-hydrogen) atoms. The number of hydrogen-bond donors (Lipinski definition) is 0. The second-order valence-corrected chi connectivity index (χ2v) is 2.70. The van der Waals surface area contributed by atoms with Crippen molar-refractivity contribution in [2.24, 2.45) is 0 Å². The zero-order valence-corrected chi connectivity index (χ0v) is 7.31. The molecule has 0 fully saturated rings. The molecule has 6 heteroatoms. The molecular weight excluding hydrogens is 219 g/mol. The molecule has 0 amide bonds. The highest BCUT2D eigenvalue weighted by atomic mass is 19.4. The Hall–Kier alpha value is -1.33. The van der Waals surface area contributed by atoms with Crippen molar-refractivity contribution in [2.45, 2.75) is 12.5 Å². The average Bonchev–Trinajstić information content (AvgIpc) is 1.99. The molecule has 0 aliphatic rings. The Morgan fingerprint density at radius 2 is 1.87 bits per heavy atom. The van der Waals surface area contributed by atoms with Gasteiger partial charge in [-0.05, 0) is 19.1 Å². The molecule has 0 aliphatic heterocycles. The summed E-state index contributed by atoms with van der Waals surface area (Å²) < 4.78 is 64.3. The lowest BCUT2D eigenvalue weighted by atomic mass is 10.1. The second-order valence-electron chi connectivity index (χ2n) is 2.70. The van der Waals surface area contributed by atoms with Crippen LogP contribution in [0.5, 0.6) is 5.75 Å². The number of benzene rings is 1. The molecule has 1 radical (unpaired) electrons. The summed E-state index contributed by atoms with van der Waals surface area (Å²) in [6.45, 7) is 2.89. The highest BCUT2D eigenvalue weighted by Crippen LogP contribution is 2.32. The van der Waals surface area contributed by atoms with Gasteiger partial charge in [0.15, 0.2) is 0 Å². The summed E-state index contributed by atoms with van der Waals surface area (Å²) in [5.74, 6) is -1.86. The minimum atomic E-state index is -4.99. The lowest BCUT2D eigenvalue weighted by molar-refractivity contribution is -0.275. The molecule has 1 nitrogen and oxygen atoms in total. The zero-order chi connectivity index (χ0) is 11.6. The molecule has 83 valence electrons. The van der Waals surface area contributed by atoms with Gasteiger partial charge in [-0.3, -0.25) is 0 Å². The van der Waals surface area contributed by atoms with Gasteiger partial charge in [0.05, 0.1) is 0 Å². The predicted octanol–water partition coefficient (Wildman–Crippen LogP) is 3.57. The van der Waals surface area contributed by atoms with Gasteiger partial charge in [0.2, 0.25) is 0 Å². The summed E-state index contributed by atoms with van der Waals surface area (Å²) in [4.78, 5) is 0. The van der Waals surface area contributed by atoms with Gasteiger partial charge in [0.1, 0.15) is 17.7 Å². The van der Waals surface area contributed by atoms with Crippen LogP contribution in [0.1, 0.15) is 11.7 Å². The zero-order valence-electron chi connectivity index (χ0n) is 7.31. The van der Waals surface area contributed by atoms with E-state index in [-0.39, 0.29) is 0 Å². The predicted molar refractivity (Wildman–Crippen MR) is 42.3 cm³/mol. The first-order valence-electron chi connectivity index (χ1n) is 3.82. The SMILES string of the molecule is [CH2]C(F)c1ccc(F)cc1OC(F)(F)F. The fraction of sp³-hybridized carbons (Fsp3) is 0.222. The molecule has 0 saturated heterocycles. The Labute approximate surface area is 82.5 Å². The highest BCUT2D eigenvalue weighted by Gasteiger charge is 2.32. The Morgan fingerprint density at radius 1 is 1.27 bits per heavy atom. The first-order chi connectivity index (χ1) is 6.79. The molecule has 0 bridgehead atoms. The summed E-state index contributed by atoms with van der Waals surface area (Å²) in [6, 6.07) is 2.14. The van der Waals surface area contributed by atoms with Crippen LogP contribution in [0.15, 0.2) is 18.2 Å². The Morgan fingerprint density at radius 3 is 2.33 bits per heavy atom. The summed E-state index contributed by atoms with van der Waals surface area (Å²) >= 11 is 0. The monoisotopic (exact) mass is 225 g/mol. The van der Waals surface area contributed by atoms with Crippen molar-refractivity contribution in [3.05, 3.63) is 36.5 Å². The molecule has 0 saturated carbocycles. The van der Waals surface area contributed by atoms with Crippen molar-refractivity contribution >= 4 is 0 Å². The summed E-state index contributed by atoms with van der Waals surface area (Å²) in [7, 11) is 0. The van der Waals surface area contributed by atoms with E-state index in [2.05, 4.69) is 11.7 Å². The lowest BCUT2D eigenvalue weighted by Crippen LogP contribution is -2.18. The van der Waals surface area contributed by atoms with Crippen molar-refractivity contribution in [1.82, 2.24) is 0 Å². The van der Waals surface area contributed by atoms with E-state index in [9.17, 15) is 22.0 Å². The standard InChI is InChI=1S/C9H6F5O/c1-5(10)7-3-2-6(11)4-8(7)15-9(12,13)14/h2-5H,1H2. The van der Waals surface area contributed by atoms with Gasteiger partial charge in [-0.2, -0.15) is 0 Å². The van der Waals surface area contributed by atoms with E-state index < -0.39 is 29.7 Å². The second kappa shape index (κ2) is 4.04. The maximum atomic E-state index is 12.7. The smallest absolute Gasteiger partial charge is 0.405 e. The molecule has 1 aromatic rings. The minimum absolute atomic E-state index is 0.450. The molecular formula is C9H6F5O. The van der Waals surface area contributed by atoms with Crippen molar-refractivity contribution < 1.29 is 26.7 Å². The topological polar surface area (TPSA) is 9.23 Å². The van der Waals surface area contributed by atoms with Crippen LogP contribution in [0.25, 0.3) is 0 Å². The Bertz CT molecular complexity index is 345. The van der Waals surface area contributed by atoms with Crippen molar-refractivity contribution in [3.63, 3.8) is 0 Å². The van der Waals surface area contributed by atoms with Crippen LogP contribution in [0.3, 0.4) is 0 Å². The first kappa shape index (κ1) is 11.7. The van der Waals surface area contributed by atoms with Crippen LogP contribution >= 0.6 is 0 Å². The molecule has 0 aromatic heterocycles. The van der Waals surface area contributed by atoms with Gasteiger partial charge >= 0.3 is 6.36 Å². The van der Waals surface area contributed by atoms with Gasteiger partial charge in [-0.1, -0.05) is 0 Å². The highest BCUT2D eigenvalue weighted by molar-refractivity contribution is 5.36. The van der Waals surface area contributed by atoms with E-state index in [1.54, 1.807) is 0 Å². The van der Waals surface area contributed by atoms with Crippen molar-refractivity contribution in [1.29, 1.82) is 0 Å². The fourth-order valence-corrected chi connectivity index (χ4v) is 0.980. The average molecular weight is 225 g/mol. The van der Waals surface area contributed by atoms with Crippen molar-refractivity contribution in [2.75, 3.05) is 0 Å². The van der Waals surface area contributed by atoms with Crippen LogP contribution in [0, 0.1) is 12.7 Å². The van der Waals surface area contributed by atoms with E-state index in [4.69, 9.17) is 0 Å². The van der Waals surface area contributed by atoms with Gasteiger partial charge in [-0.15, -0.1) is 13.2 Å². The summed E-state index contributed by atoms with van der Waals surface area (Å²) in [5, 5.41) is 0. The van der Waals surface area contributed by atoms with Crippen LogP contribution in [0.4, 0.5) is 22.0 Å². The summed E-state index contributed by atoms with van der Waals surface area (Å²) in [5.41, 5.74) is -0.450. The molecule has 1 unspecified atom stereocenters. The lowest BCUT2D eigenvalue weighted by Gasteiger charge is -2.13. The first-order valence-corrected chi connectivity index (χ1v) is 3.82. The molecule has 1 atom stereocenters. The van der Waals surface area contributed by atoms with Gasteiger partial charge in [-0.25, -0.2) is 8.78 Å². The molecule has 1 rings (SSSR count). The molecule has 0 aliphatic carbocycles. The van der Waals surface area contributed by atoms with Crippen LogP contribution in [0.2, 0.25) is 0 Å². The third-order valence-electron chi connectivity index (χ3n) is 1.54. The van der Waals surface area contributed by atoms with E-state index in [1.807, 2.05) is 0 Å². The van der Waals surface area contributed by atoms with E-state index in [1.165, 1.54) is 0 Å². The number of halogens is 5. The van der Waals surface area contributed by atoms with Gasteiger partial charge in [0, 0.05) is 11.6 Å². The molecule has 0 spiro atoms. The minimum Gasteiger partial charge on any atom is -0.405 e. The van der Waals surface area contributed by atoms with E-state index in [0.29, 0.717) is 6.07 Å². The van der Waals surface area contributed by atoms with Crippen LogP contribution in [-0.2, 0) is 0 Å². The largest absolute Gasteiger partial charge is 0.573 e.